The molecule has 2 aromatic carbocycles. The summed E-state index contributed by atoms with van der Waals surface area (Å²) in [6, 6.07) is 15.9. The molecule has 1 atom stereocenters. The molecular formula is C24H27FN6O2. The molecule has 1 fully saturated rings. The first-order chi connectivity index (χ1) is 16.1. The molecule has 0 aliphatic carbocycles. The number of fused-ring (bicyclic) bond motifs is 1. The number of piperidine rings is 1. The highest BCUT2D eigenvalue weighted by Gasteiger charge is 2.27. The minimum Gasteiger partial charge on any atom is -0.365 e. The number of halogens is 1. The van der Waals surface area contributed by atoms with Gasteiger partial charge in [-0.25, -0.2) is 13.9 Å². The molecule has 2 N–H and O–H groups in total. The highest BCUT2D eigenvalue weighted by atomic mass is 19.1. The maximum absolute atomic E-state index is 13.6. The maximum Gasteiger partial charge on any atom is 0.319 e. The van der Waals surface area contributed by atoms with Crippen LogP contribution in [-0.2, 0) is 24.4 Å². The van der Waals surface area contributed by atoms with E-state index in [2.05, 4.69) is 25.8 Å². The summed E-state index contributed by atoms with van der Waals surface area (Å²) in [6.45, 7) is 3.37. The van der Waals surface area contributed by atoms with Crippen LogP contribution in [-0.4, -0.2) is 45.1 Å². The van der Waals surface area contributed by atoms with Crippen LogP contribution in [0.3, 0.4) is 0 Å². The first kappa shape index (κ1) is 21.5. The molecule has 172 valence electrons. The predicted molar refractivity (Wildman–Crippen MR) is 121 cm³/mol. The van der Waals surface area contributed by atoms with E-state index in [1.54, 1.807) is 6.07 Å². The molecule has 8 nitrogen and oxygen atoms in total. The molecule has 5 rings (SSSR count). The number of para-hydroxylation sites is 1. The van der Waals surface area contributed by atoms with Crippen molar-refractivity contribution < 1.29 is 13.9 Å². The van der Waals surface area contributed by atoms with Crippen molar-refractivity contribution in [1.29, 1.82) is 0 Å². The van der Waals surface area contributed by atoms with Gasteiger partial charge in [0.2, 0.25) is 0 Å². The standard InChI is InChI=1S/C24H27FN6O2/c25-18-6-4-5-17(13-18)23-15-31-22(16-33-23)21(28-29-31)14-30-11-9-20(10-12-30)27-24(32)26-19-7-2-1-3-8-19/h1-8,13,20,23H,9-12,14-16H2,(H2,26,27,32). The van der Waals surface area contributed by atoms with E-state index in [-0.39, 0.29) is 24.0 Å². The van der Waals surface area contributed by atoms with Crippen LogP contribution in [0.2, 0.25) is 0 Å². The Morgan fingerprint density at radius 2 is 1.94 bits per heavy atom. The fraction of sp³-hybridized carbons (Fsp3) is 0.375. The maximum atomic E-state index is 13.6. The van der Waals surface area contributed by atoms with Crippen molar-refractivity contribution in [3.8, 4) is 0 Å². The van der Waals surface area contributed by atoms with Crippen molar-refractivity contribution >= 4 is 11.7 Å². The smallest absolute Gasteiger partial charge is 0.319 e. The highest BCUT2D eigenvalue weighted by molar-refractivity contribution is 5.89. The van der Waals surface area contributed by atoms with Crippen LogP contribution < -0.4 is 10.6 Å². The first-order valence-electron chi connectivity index (χ1n) is 11.3. The zero-order chi connectivity index (χ0) is 22.6. The van der Waals surface area contributed by atoms with E-state index in [9.17, 15) is 9.18 Å². The second kappa shape index (κ2) is 9.68. The third-order valence-electron chi connectivity index (χ3n) is 6.23. The van der Waals surface area contributed by atoms with Gasteiger partial charge in [-0.3, -0.25) is 4.90 Å². The molecule has 9 heteroatoms. The quantitative estimate of drug-likeness (QED) is 0.622. The average molecular weight is 451 g/mol. The Morgan fingerprint density at radius 1 is 1.12 bits per heavy atom. The lowest BCUT2D eigenvalue weighted by Gasteiger charge is -2.32. The molecule has 2 amide bonds. The highest BCUT2D eigenvalue weighted by Crippen LogP contribution is 2.28. The number of benzene rings is 2. The number of ether oxygens (including phenoxy) is 1. The molecule has 0 bridgehead atoms. The topological polar surface area (TPSA) is 84.3 Å². The Labute approximate surface area is 191 Å². The number of aromatic nitrogens is 3. The molecular weight excluding hydrogens is 423 g/mol. The van der Waals surface area contributed by atoms with Gasteiger partial charge in [0.25, 0.3) is 0 Å². The molecule has 0 spiro atoms. The van der Waals surface area contributed by atoms with E-state index in [1.807, 2.05) is 41.1 Å². The zero-order valence-corrected chi connectivity index (χ0v) is 18.3. The van der Waals surface area contributed by atoms with E-state index < -0.39 is 0 Å². The van der Waals surface area contributed by atoms with Gasteiger partial charge in [0.15, 0.2) is 0 Å². The summed E-state index contributed by atoms with van der Waals surface area (Å²) in [4.78, 5) is 14.6. The number of hydrogen-bond acceptors (Lipinski definition) is 5. The fourth-order valence-electron chi connectivity index (χ4n) is 4.42. The van der Waals surface area contributed by atoms with Gasteiger partial charge >= 0.3 is 6.03 Å². The van der Waals surface area contributed by atoms with Gasteiger partial charge in [0, 0.05) is 31.4 Å². The van der Waals surface area contributed by atoms with Crippen molar-refractivity contribution in [1.82, 2.24) is 25.2 Å². The van der Waals surface area contributed by atoms with Gasteiger partial charge < -0.3 is 15.4 Å². The van der Waals surface area contributed by atoms with Crippen molar-refractivity contribution in [3.63, 3.8) is 0 Å². The van der Waals surface area contributed by atoms with Crippen molar-refractivity contribution in [2.45, 2.75) is 44.7 Å². The largest absolute Gasteiger partial charge is 0.365 e. The van der Waals surface area contributed by atoms with Crippen LogP contribution in [0.25, 0.3) is 0 Å². The number of hydrogen-bond donors (Lipinski definition) is 2. The van der Waals surface area contributed by atoms with E-state index in [1.165, 1.54) is 12.1 Å². The van der Waals surface area contributed by atoms with Gasteiger partial charge in [-0.2, -0.15) is 0 Å². The number of nitrogens with one attached hydrogen (secondary N) is 2. The lowest BCUT2D eigenvalue weighted by molar-refractivity contribution is -0.00232. The summed E-state index contributed by atoms with van der Waals surface area (Å²) >= 11 is 0. The molecule has 1 unspecified atom stereocenters. The normalized spacial score (nSPS) is 19.1. The minimum absolute atomic E-state index is 0.148. The molecule has 33 heavy (non-hydrogen) atoms. The molecule has 1 aromatic heterocycles. The van der Waals surface area contributed by atoms with E-state index in [0.717, 1.165) is 48.6 Å². The van der Waals surface area contributed by atoms with Gasteiger partial charge in [-0.15, -0.1) is 5.10 Å². The Hall–Kier alpha value is -3.30. The SMILES string of the molecule is O=C(Nc1ccccc1)NC1CCN(Cc2nnn3c2COC(c2cccc(F)c2)C3)CC1. The molecule has 1 saturated heterocycles. The molecule has 3 heterocycles. The number of carbonyl (C=O) groups excluding carboxylic acids is 1. The molecule has 0 radical (unpaired) electrons. The fourth-order valence-corrected chi connectivity index (χ4v) is 4.42. The first-order valence-corrected chi connectivity index (χ1v) is 11.3. The number of carbonyl (C=O) groups is 1. The van der Waals surface area contributed by atoms with Gasteiger partial charge in [-0.05, 0) is 42.7 Å². The predicted octanol–water partition coefficient (Wildman–Crippen LogP) is 3.47. The van der Waals surface area contributed by atoms with Gasteiger partial charge in [0.05, 0.1) is 18.8 Å². The lowest BCUT2D eigenvalue weighted by Crippen LogP contribution is -2.45. The van der Waals surface area contributed by atoms with Crippen molar-refractivity contribution in [2.75, 3.05) is 18.4 Å². The Balaban J connectivity index is 1.11. The van der Waals surface area contributed by atoms with Crippen LogP contribution in [0.5, 0.6) is 0 Å². The second-order valence-electron chi connectivity index (χ2n) is 8.53. The summed E-state index contributed by atoms with van der Waals surface area (Å²) in [6.07, 6.45) is 1.53. The number of nitrogens with zero attached hydrogens (tertiary/aromatic N) is 4. The molecule has 0 saturated carbocycles. The molecule has 2 aliphatic rings. The van der Waals surface area contributed by atoms with E-state index in [4.69, 9.17) is 4.74 Å². The Bertz CT molecular complexity index is 1100. The summed E-state index contributed by atoms with van der Waals surface area (Å²) in [7, 11) is 0. The van der Waals surface area contributed by atoms with Crippen molar-refractivity contribution in [2.24, 2.45) is 0 Å². The number of rotatable bonds is 5. The molecule has 3 aromatic rings. The van der Waals surface area contributed by atoms with Crippen LogP contribution in [0, 0.1) is 5.82 Å². The summed E-state index contributed by atoms with van der Waals surface area (Å²) < 4.78 is 21.4. The van der Waals surface area contributed by atoms with Crippen LogP contribution in [0.4, 0.5) is 14.9 Å². The number of urea groups is 1. The van der Waals surface area contributed by atoms with E-state index >= 15 is 0 Å². The second-order valence-corrected chi connectivity index (χ2v) is 8.53. The van der Waals surface area contributed by atoms with Crippen LogP contribution >= 0.6 is 0 Å². The van der Waals surface area contributed by atoms with Crippen LogP contribution in [0.1, 0.15) is 35.9 Å². The Morgan fingerprint density at radius 3 is 2.73 bits per heavy atom. The molecule has 2 aliphatic heterocycles. The monoisotopic (exact) mass is 450 g/mol. The van der Waals surface area contributed by atoms with Gasteiger partial charge in [0.1, 0.15) is 17.6 Å². The zero-order valence-electron chi connectivity index (χ0n) is 18.3. The summed E-state index contributed by atoms with van der Waals surface area (Å²) in [5, 5.41) is 14.6. The lowest BCUT2D eigenvalue weighted by atomic mass is 10.0. The third kappa shape index (κ3) is 5.20. The van der Waals surface area contributed by atoms with Gasteiger partial charge in [-0.1, -0.05) is 35.5 Å². The number of amides is 2. The Kier molecular flexibility index (Phi) is 6.32. The number of likely N-dealkylation sites (tertiary alicyclic amines) is 1. The summed E-state index contributed by atoms with van der Waals surface area (Å²) in [5.41, 5.74) is 3.49. The third-order valence-corrected chi connectivity index (χ3v) is 6.23. The van der Waals surface area contributed by atoms with E-state index in [0.29, 0.717) is 19.7 Å². The average Bonchev–Trinajstić information content (AvgIpc) is 3.23. The minimum atomic E-state index is -0.267. The summed E-state index contributed by atoms with van der Waals surface area (Å²) in [5.74, 6) is -0.267. The van der Waals surface area contributed by atoms with Crippen LogP contribution in [0.15, 0.2) is 54.6 Å². The number of anilines is 1. The van der Waals surface area contributed by atoms with Crippen molar-refractivity contribution in [3.05, 3.63) is 77.4 Å².